The van der Waals surface area contributed by atoms with Gasteiger partial charge in [0, 0.05) is 5.56 Å². The maximum atomic E-state index is 8.08. The molecule has 1 heterocycles. The van der Waals surface area contributed by atoms with E-state index in [1.54, 1.807) is 0 Å². The Kier molecular flexibility index (Phi) is 6.94. The monoisotopic (exact) mass is 318 g/mol. The lowest BCUT2D eigenvalue weighted by Crippen LogP contribution is -2.21. The summed E-state index contributed by atoms with van der Waals surface area (Å²) in [5, 5.41) is 11.0. The molecule has 126 valence electrons. The van der Waals surface area contributed by atoms with Crippen molar-refractivity contribution >= 4 is 5.84 Å². The molecule has 0 amide bonds. The van der Waals surface area contributed by atoms with Crippen molar-refractivity contribution in [2.24, 2.45) is 0 Å². The Bertz CT molecular complexity index is 531. The Labute approximate surface area is 138 Å². The zero-order valence-corrected chi connectivity index (χ0v) is 13.8. The summed E-state index contributed by atoms with van der Waals surface area (Å²) in [5.74, 6) is 1.01. The molecule has 1 aliphatic rings. The Morgan fingerprint density at radius 1 is 1.22 bits per heavy atom. The van der Waals surface area contributed by atoms with E-state index in [0.717, 1.165) is 23.3 Å². The van der Waals surface area contributed by atoms with Gasteiger partial charge in [-0.15, -0.1) is 0 Å². The summed E-state index contributed by atoms with van der Waals surface area (Å²) in [6.45, 7) is 6.33. The van der Waals surface area contributed by atoms with E-state index in [9.17, 15) is 0 Å². The summed E-state index contributed by atoms with van der Waals surface area (Å²) in [4.78, 5) is 9.93. The molecular formula is C18H26N2O3. The molecule has 1 atom stereocenters. The topological polar surface area (TPSA) is 63.6 Å². The van der Waals surface area contributed by atoms with E-state index in [4.69, 9.17) is 19.9 Å². The lowest BCUT2D eigenvalue weighted by molar-refractivity contribution is -0.288. The highest BCUT2D eigenvalue weighted by atomic mass is 17.2. The third kappa shape index (κ3) is 4.73. The molecule has 0 aromatic heterocycles. The van der Waals surface area contributed by atoms with Crippen molar-refractivity contribution < 1.29 is 14.5 Å². The lowest BCUT2D eigenvalue weighted by Gasteiger charge is -2.11. The zero-order valence-electron chi connectivity index (χ0n) is 13.8. The maximum Gasteiger partial charge on any atom is 0.202 e. The number of nitrogens with one attached hydrogen (secondary N) is 2. The summed E-state index contributed by atoms with van der Waals surface area (Å²) in [7, 11) is 0. The van der Waals surface area contributed by atoms with Crippen molar-refractivity contribution in [2.45, 2.75) is 51.7 Å². The number of rotatable bonds is 11. The van der Waals surface area contributed by atoms with E-state index >= 15 is 0 Å². The second-order valence-electron chi connectivity index (χ2n) is 5.60. The molecule has 0 saturated carbocycles. The normalized spacial score (nSPS) is 15.9. The second-order valence-corrected chi connectivity index (χ2v) is 5.60. The van der Waals surface area contributed by atoms with Crippen molar-refractivity contribution in [1.29, 1.82) is 5.41 Å². The number of unbranched alkanes of at least 4 members (excludes halogenated alkanes) is 5. The van der Waals surface area contributed by atoms with Gasteiger partial charge in [0.15, 0.2) is 0 Å². The van der Waals surface area contributed by atoms with Crippen molar-refractivity contribution in [3.05, 3.63) is 42.2 Å². The molecule has 5 heteroatoms. The lowest BCUT2D eigenvalue weighted by atomic mass is 10.1. The molecule has 0 fully saturated rings. The molecule has 1 unspecified atom stereocenters. The summed E-state index contributed by atoms with van der Waals surface area (Å²) in [5.41, 5.74) is 1.59. The predicted octanol–water partition coefficient (Wildman–Crippen LogP) is 4.44. The Hall–Kier alpha value is -2.01. The van der Waals surface area contributed by atoms with Crippen LogP contribution in [0.25, 0.3) is 0 Å². The molecule has 1 aliphatic heterocycles. The molecule has 1 aromatic rings. The van der Waals surface area contributed by atoms with Crippen LogP contribution in [0.3, 0.4) is 0 Å². The Morgan fingerprint density at radius 2 is 2.00 bits per heavy atom. The van der Waals surface area contributed by atoms with Crippen LogP contribution in [0.4, 0.5) is 0 Å². The van der Waals surface area contributed by atoms with Crippen LogP contribution in [0.2, 0.25) is 0 Å². The predicted molar refractivity (Wildman–Crippen MR) is 90.4 cm³/mol. The first kappa shape index (κ1) is 17.3. The van der Waals surface area contributed by atoms with Gasteiger partial charge in [-0.3, -0.25) is 5.41 Å². The number of ether oxygens (including phenoxy) is 1. The number of amidine groups is 1. The van der Waals surface area contributed by atoms with Gasteiger partial charge in [0.05, 0.1) is 12.2 Å². The largest absolute Gasteiger partial charge is 0.493 e. The minimum atomic E-state index is -0.506. The number of hydrogen-bond donors (Lipinski definition) is 2. The third-order valence-electron chi connectivity index (χ3n) is 3.84. The van der Waals surface area contributed by atoms with E-state index in [2.05, 4.69) is 18.8 Å². The fraction of sp³-hybridized carbons (Fsp3) is 0.500. The van der Waals surface area contributed by atoms with Crippen molar-refractivity contribution in [2.75, 3.05) is 6.61 Å². The zero-order chi connectivity index (χ0) is 16.5. The minimum Gasteiger partial charge on any atom is -0.493 e. The first-order valence-corrected chi connectivity index (χ1v) is 8.32. The SMILES string of the molecule is C=COOC1NC(=N)c2c(OCCCCCCCC)cccc21. The van der Waals surface area contributed by atoms with Crippen molar-refractivity contribution in [1.82, 2.24) is 5.32 Å². The molecule has 1 aromatic carbocycles. The van der Waals surface area contributed by atoms with Gasteiger partial charge < -0.3 is 14.9 Å². The first-order valence-electron chi connectivity index (χ1n) is 8.32. The van der Waals surface area contributed by atoms with E-state index in [0.29, 0.717) is 6.61 Å². The molecule has 5 nitrogen and oxygen atoms in total. The van der Waals surface area contributed by atoms with Gasteiger partial charge in [-0.1, -0.05) is 57.7 Å². The fourth-order valence-electron chi connectivity index (χ4n) is 2.67. The van der Waals surface area contributed by atoms with Crippen LogP contribution >= 0.6 is 0 Å². The summed E-state index contributed by atoms with van der Waals surface area (Å²) in [6.07, 6.45) is 8.06. The Morgan fingerprint density at radius 3 is 2.78 bits per heavy atom. The molecule has 0 aliphatic carbocycles. The van der Waals surface area contributed by atoms with Crippen molar-refractivity contribution in [3.63, 3.8) is 0 Å². The molecule has 2 N–H and O–H groups in total. The van der Waals surface area contributed by atoms with Gasteiger partial charge in [0.1, 0.15) is 17.8 Å². The molecule has 0 bridgehead atoms. The third-order valence-corrected chi connectivity index (χ3v) is 3.84. The van der Waals surface area contributed by atoms with Gasteiger partial charge in [-0.05, 0) is 12.5 Å². The van der Waals surface area contributed by atoms with E-state index in [-0.39, 0.29) is 5.84 Å². The van der Waals surface area contributed by atoms with Crippen LogP contribution in [0.5, 0.6) is 5.75 Å². The average molecular weight is 318 g/mol. The molecule has 0 radical (unpaired) electrons. The summed E-state index contributed by atoms with van der Waals surface area (Å²) >= 11 is 0. The van der Waals surface area contributed by atoms with E-state index in [1.165, 1.54) is 38.4 Å². The van der Waals surface area contributed by atoms with Gasteiger partial charge in [-0.25, -0.2) is 0 Å². The van der Waals surface area contributed by atoms with Crippen LogP contribution in [0, 0.1) is 5.41 Å². The van der Waals surface area contributed by atoms with E-state index < -0.39 is 6.23 Å². The van der Waals surface area contributed by atoms with E-state index in [1.807, 2.05) is 18.2 Å². The number of fused-ring (bicyclic) bond motifs is 1. The second kappa shape index (κ2) is 9.20. The van der Waals surface area contributed by atoms with Crippen molar-refractivity contribution in [3.8, 4) is 5.75 Å². The van der Waals surface area contributed by atoms with Crippen LogP contribution in [0.15, 0.2) is 31.0 Å². The minimum absolute atomic E-state index is 0.288. The molecular weight excluding hydrogens is 292 g/mol. The van der Waals surface area contributed by atoms with Crippen LogP contribution < -0.4 is 10.1 Å². The van der Waals surface area contributed by atoms with Crippen LogP contribution in [-0.4, -0.2) is 12.4 Å². The van der Waals surface area contributed by atoms with Crippen LogP contribution in [-0.2, 0) is 9.78 Å². The highest BCUT2D eigenvalue weighted by molar-refractivity contribution is 6.03. The standard InChI is InChI=1S/C18H26N2O3/c1-3-5-6-7-8-9-13-21-15-12-10-11-14-16(15)17(19)20-18(14)23-22-4-2/h4,10-12,18H,2-3,5-9,13H2,1H3,(H2,19,20). The number of hydrogen-bond acceptors (Lipinski definition) is 4. The van der Waals surface area contributed by atoms with Gasteiger partial charge in [0.25, 0.3) is 0 Å². The molecule has 2 rings (SSSR count). The smallest absolute Gasteiger partial charge is 0.202 e. The summed E-state index contributed by atoms with van der Waals surface area (Å²) < 4.78 is 5.88. The fourth-order valence-corrected chi connectivity index (χ4v) is 2.67. The average Bonchev–Trinajstić information content (AvgIpc) is 2.89. The molecule has 0 saturated heterocycles. The van der Waals surface area contributed by atoms with Gasteiger partial charge >= 0.3 is 0 Å². The summed E-state index contributed by atoms with van der Waals surface area (Å²) in [6, 6.07) is 5.70. The quantitative estimate of drug-likeness (QED) is 0.274. The first-order chi connectivity index (χ1) is 11.3. The highest BCUT2D eigenvalue weighted by Crippen LogP contribution is 2.33. The number of benzene rings is 1. The maximum absolute atomic E-state index is 8.08. The molecule has 0 spiro atoms. The molecule has 23 heavy (non-hydrogen) atoms. The highest BCUT2D eigenvalue weighted by Gasteiger charge is 2.30. The van der Waals surface area contributed by atoms with Gasteiger partial charge in [-0.2, -0.15) is 4.89 Å². The van der Waals surface area contributed by atoms with Crippen LogP contribution in [0.1, 0.15) is 62.8 Å². The van der Waals surface area contributed by atoms with Gasteiger partial charge in [0.2, 0.25) is 6.23 Å². The Balaban J connectivity index is 1.87.